The molecule has 0 aliphatic heterocycles. The van der Waals surface area contributed by atoms with Gasteiger partial charge < -0.3 is 9.15 Å². The fourth-order valence-electron chi connectivity index (χ4n) is 4.45. The molecule has 3 aromatic rings. The van der Waals surface area contributed by atoms with E-state index in [0.29, 0.717) is 12.2 Å². The quantitative estimate of drug-likeness (QED) is 0.543. The highest BCUT2D eigenvalue weighted by atomic mass is 16.5. The van der Waals surface area contributed by atoms with Crippen molar-refractivity contribution >= 4 is 11.0 Å². The average Bonchev–Trinajstić information content (AvgIpc) is 2.66. The van der Waals surface area contributed by atoms with Crippen molar-refractivity contribution in [1.82, 2.24) is 0 Å². The van der Waals surface area contributed by atoms with Crippen molar-refractivity contribution in [2.45, 2.75) is 66.9 Å². The largest absolute Gasteiger partial charge is 0.488 e. The molecule has 0 atom stereocenters. The van der Waals surface area contributed by atoms with E-state index in [1.807, 2.05) is 13.0 Å². The Balaban J connectivity index is 1.83. The van der Waals surface area contributed by atoms with Crippen LogP contribution < -0.4 is 10.4 Å². The lowest BCUT2D eigenvalue weighted by Gasteiger charge is -2.20. The number of rotatable bonds is 3. The topological polar surface area (TPSA) is 39.4 Å². The first-order valence-electron chi connectivity index (χ1n) is 10.1. The molecule has 0 amide bonds. The molecule has 1 aliphatic rings. The second-order valence-electron chi connectivity index (χ2n) is 8.22. The number of ether oxygens (including phenoxy) is 1. The average molecular weight is 376 g/mol. The third-order valence-corrected chi connectivity index (χ3v) is 6.32. The normalized spacial score (nSPS) is 13.6. The predicted octanol–water partition coefficient (Wildman–Crippen LogP) is 5.79. The van der Waals surface area contributed by atoms with Gasteiger partial charge in [-0.05, 0) is 111 Å². The van der Waals surface area contributed by atoms with Gasteiger partial charge in [-0.3, -0.25) is 0 Å². The van der Waals surface area contributed by atoms with Crippen molar-refractivity contribution in [2.75, 3.05) is 0 Å². The molecule has 1 heterocycles. The van der Waals surface area contributed by atoms with Crippen LogP contribution in [-0.4, -0.2) is 0 Å². The number of benzene rings is 2. The molecule has 1 aromatic heterocycles. The summed E-state index contributed by atoms with van der Waals surface area (Å²) in [6.07, 6.45) is 3.87. The van der Waals surface area contributed by atoms with Crippen molar-refractivity contribution in [3.63, 3.8) is 0 Å². The summed E-state index contributed by atoms with van der Waals surface area (Å²) < 4.78 is 12.1. The van der Waals surface area contributed by atoms with Crippen molar-refractivity contribution in [3.05, 3.63) is 73.1 Å². The predicted molar refractivity (Wildman–Crippen MR) is 114 cm³/mol. The lowest BCUT2D eigenvalue weighted by molar-refractivity contribution is 0.307. The number of fused-ring (bicyclic) bond motifs is 3. The molecule has 0 N–H and O–H groups in total. The number of hydrogen-bond donors (Lipinski definition) is 0. The molecule has 0 radical (unpaired) electrons. The first-order chi connectivity index (χ1) is 13.4. The highest BCUT2D eigenvalue weighted by molar-refractivity contribution is 5.88. The summed E-state index contributed by atoms with van der Waals surface area (Å²) in [5.41, 5.74) is 9.87. The van der Waals surface area contributed by atoms with Crippen LogP contribution in [-0.2, 0) is 19.4 Å². The second-order valence-corrected chi connectivity index (χ2v) is 8.22. The zero-order chi connectivity index (χ0) is 20.0. The minimum Gasteiger partial charge on any atom is -0.488 e. The first kappa shape index (κ1) is 18.8. The lowest BCUT2D eigenvalue weighted by Crippen LogP contribution is -2.16. The lowest BCUT2D eigenvalue weighted by atomic mass is 9.90. The van der Waals surface area contributed by atoms with Crippen LogP contribution in [0.25, 0.3) is 11.0 Å². The van der Waals surface area contributed by atoms with Gasteiger partial charge in [0.1, 0.15) is 17.9 Å². The molecule has 28 heavy (non-hydrogen) atoms. The molecule has 0 saturated carbocycles. The molecule has 0 unspecified atom stereocenters. The summed E-state index contributed by atoms with van der Waals surface area (Å²) in [5, 5.41) is 0.986. The van der Waals surface area contributed by atoms with E-state index in [1.54, 1.807) is 0 Å². The maximum absolute atomic E-state index is 12.4. The Bertz CT molecular complexity index is 1110. The van der Waals surface area contributed by atoms with Crippen molar-refractivity contribution in [3.8, 4) is 5.75 Å². The van der Waals surface area contributed by atoms with Gasteiger partial charge in [0, 0.05) is 5.56 Å². The first-order valence-corrected chi connectivity index (χ1v) is 10.1. The molecule has 0 fully saturated rings. The molecule has 0 spiro atoms. The minimum absolute atomic E-state index is 0.181. The molecule has 3 heteroatoms. The smallest absolute Gasteiger partial charge is 0.339 e. The maximum atomic E-state index is 12.4. The number of hydrogen-bond acceptors (Lipinski definition) is 3. The Labute approximate surface area is 166 Å². The molecule has 0 saturated heterocycles. The molecule has 3 nitrogen and oxygen atoms in total. The minimum atomic E-state index is -0.181. The monoisotopic (exact) mass is 376 g/mol. The fourth-order valence-corrected chi connectivity index (χ4v) is 4.45. The van der Waals surface area contributed by atoms with Crippen LogP contribution in [0.5, 0.6) is 5.75 Å². The van der Waals surface area contributed by atoms with Gasteiger partial charge in [-0.25, -0.2) is 4.79 Å². The van der Waals surface area contributed by atoms with Crippen LogP contribution in [0.4, 0.5) is 0 Å². The van der Waals surface area contributed by atoms with Gasteiger partial charge >= 0.3 is 5.63 Å². The van der Waals surface area contributed by atoms with E-state index in [9.17, 15) is 4.79 Å². The van der Waals surface area contributed by atoms with Crippen LogP contribution in [0, 0.1) is 34.6 Å². The van der Waals surface area contributed by atoms with E-state index in [4.69, 9.17) is 9.15 Å². The summed E-state index contributed by atoms with van der Waals surface area (Å²) in [7, 11) is 0. The van der Waals surface area contributed by atoms with Crippen molar-refractivity contribution < 1.29 is 9.15 Å². The van der Waals surface area contributed by atoms with Crippen LogP contribution in [0.2, 0.25) is 0 Å². The molecule has 4 rings (SSSR count). The van der Waals surface area contributed by atoms with Gasteiger partial charge in [0.25, 0.3) is 0 Å². The highest BCUT2D eigenvalue weighted by Gasteiger charge is 2.21. The van der Waals surface area contributed by atoms with E-state index < -0.39 is 0 Å². The molecule has 146 valence electrons. The highest BCUT2D eigenvalue weighted by Crippen LogP contribution is 2.35. The van der Waals surface area contributed by atoms with Crippen molar-refractivity contribution in [1.29, 1.82) is 0 Å². The Morgan fingerprint density at radius 3 is 2.21 bits per heavy atom. The SMILES string of the molecule is Cc1cc(OCc2c(C)c(C)cc(C)c2C)c2c3c(c(=O)oc2c1)CCCC3. The summed E-state index contributed by atoms with van der Waals surface area (Å²) in [6, 6.07) is 6.26. The third kappa shape index (κ3) is 3.13. The van der Waals surface area contributed by atoms with Crippen LogP contribution in [0.15, 0.2) is 27.4 Å². The van der Waals surface area contributed by atoms with E-state index in [0.717, 1.165) is 53.5 Å². The molecule has 0 bridgehead atoms. The van der Waals surface area contributed by atoms with Gasteiger partial charge in [0.2, 0.25) is 0 Å². The Morgan fingerprint density at radius 2 is 1.54 bits per heavy atom. The zero-order valence-corrected chi connectivity index (χ0v) is 17.5. The molecular weight excluding hydrogens is 348 g/mol. The Hall–Kier alpha value is -2.55. The standard InChI is InChI=1S/C25H28O3/c1-14-10-22(27-13-21-17(4)15(2)12-16(3)18(21)5)24-19-8-6-7-9-20(19)25(26)28-23(24)11-14/h10-12H,6-9,13H2,1-5H3. The van der Waals surface area contributed by atoms with Gasteiger partial charge in [-0.2, -0.15) is 0 Å². The van der Waals surface area contributed by atoms with E-state index in [-0.39, 0.29) is 5.63 Å². The van der Waals surface area contributed by atoms with Gasteiger partial charge in [-0.1, -0.05) is 6.07 Å². The van der Waals surface area contributed by atoms with Gasteiger partial charge in [-0.15, -0.1) is 0 Å². The van der Waals surface area contributed by atoms with Crippen LogP contribution in [0.3, 0.4) is 0 Å². The summed E-state index contributed by atoms with van der Waals surface area (Å²) in [5.74, 6) is 0.829. The maximum Gasteiger partial charge on any atom is 0.339 e. The van der Waals surface area contributed by atoms with E-state index >= 15 is 0 Å². The Kier molecular flexibility index (Phi) is 4.78. The van der Waals surface area contributed by atoms with Crippen LogP contribution in [0.1, 0.15) is 57.3 Å². The Morgan fingerprint density at radius 1 is 0.893 bits per heavy atom. The summed E-state index contributed by atoms with van der Waals surface area (Å²) >= 11 is 0. The van der Waals surface area contributed by atoms with E-state index in [1.165, 1.54) is 27.8 Å². The fraction of sp³-hybridized carbons (Fsp3) is 0.400. The molecule has 2 aromatic carbocycles. The van der Waals surface area contributed by atoms with E-state index in [2.05, 4.69) is 39.8 Å². The van der Waals surface area contributed by atoms with Gasteiger partial charge in [0.15, 0.2) is 0 Å². The molecule has 1 aliphatic carbocycles. The third-order valence-electron chi connectivity index (χ3n) is 6.32. The summed E-state index contributed by atoms with van der Waals surface area (Å²) in [6.45, 7) is 11.2. The number of aryl methyl sites for hydroxylation is 4. The second kappa shape index (κ2) is 7.12. The molecular formula is C25H28O3. The van der Waals surface area contributed by atoms with Gasteiger partial charge in [0.05, 0.1) is 5.39 Å². The van der Waals surface area contributed by atoms with Crippen LogP contribution >= 0.6 is 0 Å². The van der Waals surface area contributed by atoms with Crippen molar-refractivity contribution in [2.24, 2.45) is 0 Å². The summed E-state index contributed by atoms with van der Waals surface area (Å²) in [4.78, 5) is 12.4. The zero-order valence-electron chi connectivity index (χ0n) is 17.5.